The molecular formula is C11H15N3O2. The number of aliphatic hydroxyl groups is 1. The first-order valence-corrected chi connectivity index (χ1v) is 5.35. The number of hydrogen-bond acceptors (Lipinski definition) is 4. The fourth-order valence-corrected chi connectivity index (χ4v) is 1.94. The summed E-state index contributed by atoms with van der Waals surface area (Å²) in [4.78, 5) is 16.9. The lowest BCUT2D eigenvalue weighted by atomic mass is 10.1. The van der Waals surface area contributed by atoms with Crippen molar-refractivity contribution in [3.63, 3.8) is 0 Å². The lowest BCUT2D eigenvalue weighted by Crippen LogP contribution is -2.38. The third-order valence-electron chi connectivity index (χ3n) is 2.76. The summed E-state index contributed by atoms with van der Waals surface area (Å²) in [6, 6.07) is 3.49. The van der Waals surface area contributed by atoms with Gasteiger partial charge in [0.1, 0.15) is 5.69 Å². The Balaban J connectivity index is 2.19. The van der Waals surface area contributed by atoms with Gasteiger partial charge in [0.2, 0.25) is 0 Å². The number of hydrogen-bond donors (Lipinski definition) is 2. The van der Waals surface area contributed by atoms with Crippen LogP contribution in [0.4, 0.5) is 5.69 Å². The number of amides is 1. The Bertz CT molecular complexity index is 395. The number of aliphatic hydroxyl groups excluding tert-OH is 1. The molecule has 3 N–H and O–H groups in total. The van der Waals surface area contributed by atoms with Gasteiger partial charge in [0.25, 0.3) is 5.91 Å². The number of primary amides is 1. The van der Waals surface area contributed by atoms with E-state index in [0.29, 0.717) is 6.54 Å². The highest BCUT2D eigenvalue weighted by molar-refractivity contribution is 5.91. The number of anilines is 1. The van der Waals surface area contributed by atoms with Crippen LogP contribution in [0.15, 0.2) is 18.3 Å². The van der Waals surface area contributed by atoms with E-state index in [2.05, 4.69) is 4.98 Å². The smallest absolute Gasteiger partial charge is 0.267 e. The van der Waals surface area contributed by atoms with Crippen molar-refractivity contribution in [1.29, 1.82) is 0 Å². The number of piperidine rings is 1. The monoisotopic (exact) mass is 221 g/mol. The van der Waals surface area contributed by atoms with E-state index in [1.165, 1.54) is 0 Å². The van der Waals surface area contributed by atoms with E-state index in [0.717, 1.165) is 25.1 Å². The zero-order valence-corrected chi connectivity index (χ0v) is 8.97. The van der Waals surface area contributed by atoms with Crippen molar-refractivity contribution in [3.05, 3.63) is 24.0 Å². The summed E-state index contributed by atoms with van der Waals surface area (Å²) in [6.45, 7) is 1.49. The first-order valence-electron chi connectivity index (χ1n) is 5.35. The fraction of sp³-hybridized carbons (Fsp3) is 0.455. The lowest BCUT2D eigenvalue weighted by Gasteiger charge is -2.31. The average Bonchev–Trinajstić information content (AvgIpc) is 2.29. The van der Waals surface area contributed by atoms with Crippen LogP contribution in [0.25, 0.3) is 0 Å². The number of nitrogens with zero attached hydrogens (tertiary/aromatic N) is 2. The summed E-state index contributed by atoms with van der Waals surface area (Å²) in [5, 5.41) is 9.57. The van der Waals surface area contributed by atoms with Gasteiger partial charge in [-0.3, -0.25) is 9.78 Å². The van der Waals surface area contributed by atoms with Gasteiger partial charge in [-0.05, 0) is 25.0 Å². The molecule has 1 aliphatic rings. The highest BCUT2D eigenvalue weighted by Gasteiger charge is 2.18. The second-order valence-corrected chi connectivity index (χ2v) is 4.01. The predicted octanol–water partition coefficient (Wildman–Crippen LogP) is 0.142. The highest BCUT2D eigenvalue weighted by atomic mass is 16.3. The molecule has 1 amide bonds. The second kappa shape index (κ2) is 4.49. The number of aromatic nitrogens is 1. The van der Waals surface area contributed by atoms with Crippen LogP contribution in [0.3, 0.4) is 0 Å². The molecule has 1 aliphatic heterocycles. The largest absolute Gasteiger partial charge is 0.391 e. The quantitative estimate of drug-likeness (QED) is 0.744. The normalized spacial score (nSPS) is 20.8. The lowest BCUT2D eigenvalue weighted by molar-refractivity contribution is 0.0995. The zero-order chi connectivity index (χ0) is 11.5. The van der Waals surface area contributed by atoms with Crippen molar-refractivity contribution in [3.8, 4) is 0 Å². The summed E-state index contributed by atoms with van der Waals surface area (Å²) >= 11 is 0. The minimum absolute atomic E-state index is 0.262. The molecule has 1 aromatic heterocycles. The molecule has 0 aromatic carbocycles. The maximum atomic E-state index is 11.0. The molecule has 16 heavy (non-hydrogen) atoms. The Morgan fingerprint density at radius 2 is 2.44 bits per heavy atom. The molecule has 1 saturated heterocycles. The average molecular weight is 221 g/mol. The van der Waals surface area contributed by atoms with Crippen LogP contribution < -0.4 is 10.6 Å². The molecule has 86 valence electrons. The van der Waals surface area contributed by atoms with Gasteiger partial charge < -0.3 is 15.7 Å². The van der Waals surface area contributed by atoms with Crippen LogP contribution >= 0.6 is 0 Å². The molecule has 1 aromatic rings. The van der Waals surface area contributed by atoms with Gasteiger partial charge in [-0.25, -0.2) is 0 Å². The number of carbonyl (C=O) groups is 1. The number of pyridine rings is 1. The number of rotatable bonds is 2. The molecule has 0 unspecified atom stereocenters. The summed E-state index contributed by atoms with van der Waals surface area (Å²) in [5.74, 6) is -0.528. The molecule has 0 aliphatic carbocycles. The van der Waals surface area contributed by atoms with Crippen LogP contribution in [0.5, 0.6) is 0 Å². The summed E-state index contributed by atoms with van der Waals surface area (Å²) in [7, 11) is 0. The van der Waals surface area contributed by atoms with E-state index in [1.807, 2.05) is 11.0 Å². The van der Waals surface area contributed by atoms with Gasteiger partial charge in [0.05, 0.1) is 6.10 Å². The Morgan fingerprint density at radius 3 is 3.12 bits per heavy atom. The summed E-state index contributed by atoms with van der Waals surface area (Å²) in [5.41, 5.74) is 6.32. The molecular weight excluding hydrogens is 206 g/mol. The van der Waals surface area contributed by atoms with Crippen LogP contribution in [-0.2, 0) is 0 Å². The van der Waals surface area contributed by atoms with E-state index in [1.54, 1.807) is 12.3 Å². The molecule has 5 nitrogen and oxygen atoms in total. The molecule has 0 spiro atoms. The number of nitrogens with two attached hydrogens (primary N) is 1. The zero-order valence-electron chi connectivity index (χ0n) is 8.97. The molecule has 0 saturated carbocycles. The Morgan fingerprint density at radius 1 is 1.62 bits per heavy atom. The van der Waals surface area contributed by atoms with Gasteiger partial charge in [0.15, 0.2) is 0 Å². The van der Waals surface area contributed by atoms with E-state index in [-0.39, 0.29) is 11.8 Å². The molecule has 1 atom stereocenters. The third-order valence-corrected chi connectivity index (χ3v) is 2.76. The van der Waals surface area contributed by atoms with Crippen molar-refractivity contribution in [1.82, 2.24) is 4.98 Å². The van der Waals surface area contributed by atoms with Crippen LogP contribution in [0.1, 0.15) is 23.3 Å². The standard InChI is InChI=1S/C11H15N3O2/c12-11(16)10-6-8(3-4-13-10)14-5-1-2-9(15)7-14/h3-4,6,9,15H,1-2,5,7H2,(H2,12,16)/t9-/m0/s1. The molecule has 1 fully saturated rings. The fourth-order valence-electron chi connectivity index (χ4n) is 1.94. The van der Waals surface area contributed by atoms with Gasteiger partial charge in [-0.15, -0.1) is 0 Å². The maximum absolute atomic E-state index is 11.0. The van der Waals surface area contributed by atoms with E-state index >= 15 is 0 Å². The van der Waals surface area contributed by atoms with Gasteiger partial charge >= 0.3 is 0 Å². The predicted molar refractivity (Wildman–Crippen MR) is 60.2 cm³/mol. The van der Waals surface area contributed by atoms with Crippen molar-refractivity contribution < 1.29 is 9.90 Å². The van der Waals surface area contributed by atoms with Crippen LogP contribution in [-0.4, -0.2) is 35.2 Å². The number of β-amino-alcohol motifs (C(OH)–C–C–N with tert-alkyl or cyclic N) is 1. The van der Waals surface area contributed by atoms with Gasteiger partial charge in [0, 0.05) is 25.0 Å². The molecule has 2 rings (SSSR count). The SMILES string of the molecule is NC(=O)c1cc(N2CCC[C@H](O)C2)ccn1. The number of carbonyl (C=O) groups excluding carboxylic acids is 1. The molecule has 0 bridgehead atoms. The van der Waals surface area contributed by atoms with Gasteiger partial charge in [-0.2, -0.15) is 0 Å². The minimum atomic E-state index is -0.528. The summed E-state index contributed by atoms with van der Waals surface area (Å²) < 4.78 is 0. The Labute approximate surface area is 93.9 Å². The third kappa shape index (κ3) is 2.30. The Hall–Kier alpha value is -1.62. The summed E-state index contributed by atoms with van der Waals surface area (Å²) in [6.07, 6.45) is 3.06. The van der Waals surface area contributed by atoms with E-state index < -0.39 is 5.91 Å². The minimum Gasteiger partial charge on any atom is -0.391 e. The van der Waals surface area contributed by atoms with E-state index in [9.17, 15) is 9.90 Å². The molecule has 0 radical (unpaired) electrons. The highest BCUT2D eigenvalue weighted by Crippen LogP contribution is 2.19. The van der Waals surface area contributed by atoms with Crippen molar-refractivity contribution >= 4 is 11.6 Å². The van der Waals surface area contributed by atoms with Crippen molar-refractivity contribution in [2.75, 3.05) is 18.0 Å². The first kappa shape index (κ1) is 10.9. The molecule has 5 heteroatoms. The van der Waals surface area contributed by atoms with Crippen LogP contribution in [0.2, 0.25) is 0 Å². The molecule has 2 heterocycles. The van der Waals surface area contributed by atoms with Crippen LogP contribution in [0, 0.1) is 0 Å². The van der Waals surface area contributed by atoms with Crippen molar-refractivity contribution in [2.24, 2.45) is 5.73 Å². The van der Waals surface area contributed by atoms with E-state index in [4.69, 9.17) is 5.73 Å². The van der Waals surface area contributed by atoms with Gasteiger partial charge in [-0.1, -0.05) is 0 Å². The Kier molecular flexibility index (Phi) is 3.05. The van der Waals surface area contributed by atoms with Crippen molar-refractivity contribution in [2.45, 2.75) is 18.9 Å². The maximum Gasteiger partial charge on any atom is 0.267 e. The first-order chi connectivity index (χ1) is 7.66. The second-order valence-electron chi connectivity index (χ2n) is 4.01. The topological polar surface area (TPSA) is 79.5 Å².